The summed E-state index contributed by atoms with van der Waals surface area (Å²) in [5.41, 5.74) is -1.89. The number of amides is 2. The summed E-state index contributed by atoms with van der Waals surface area (Å²) in [6.07, 6.45) is 0.106. The average Bonchev–Trinajstić information content (AvgIpc) is 2.69. The molecule has 1 aliphatic heterocycles. The summed E-state index contributed by atoms with van der Waals surface area (Å²) in [5.74, 6) is -0.758. The second kappa shape index (κ2) is 5.02. The smallest absolute Gasteiger partial charge is 0.261 e. The van der Waals surface area contributed by atoms with Gasteiger partial charge in [-0.3, -0.25) is 9.59 Å². The minimum absolute atomic E-state index is 0.0866. The van der Waals surface area contributed by atoms with E-state index in [1.165, 1.54) is 9.80 Å². The van der Waals surface area contributed by atoms with Crippen LogP contribution in [-0.2, 0) is 9.59 Å². The molecule has 0 radical (unpaired) electrons. The Balaban J connectivity index is 2.71. The molecule has 5 heteroatoms. The van der Waals surface area contributed by atoms with E-state index in [2.05, 4.69) is 0 Å². The molecule has 1 heterocycles. The van der Waals surface area contributed by atoms with Crippen molar-refractivity contribution in [2.75, 3.05) is 26.7 Å². The number of likely N-dealkylation sites (tertiary alicyclic amines) is 1. The summed E-state index contributed by atoms with van der Waals surface area (Å²) in [7, 11) is 1.58. The lowest BCUT2D eigenvalue weighted by atomic mass is 10.0. The van der Waals surface area contributed by atoms with Gasteiger partial charge in [-0.25, -0.2) is 4.39 Å². The zero-order valence-electron chi connectivity index (χ0n) is 11.0. The van der Waals surface area contributed by atoms with Crippen LogP contribution in [0.5, 0.6) is 0 Å². The minimum Gasteiger partial charge on any atom is -0.343 e. The van der Waals surface area contributed by atoms with Crippen molar-refractivity contribution in [1.29, 1.82) is 0 Å². The molecule has 4 nitrogen and oxygen atoms in total. The summed E-state index contributed by atoms with van der Waals surface area (Å²) in [6, 6.07) is 0. The van der Waals surface area contributed by atoms with Gasteiger partial charge in [-0.1, -0.05) is 13.8 Å². The molecule has 0 aliphatic carbocycles. The Hall–Kier alpha value is -1.13. The topological polar surface area (TPSA) is 40.6 Å². The van der Waals surface area contributed by atoms with Gasteiger partial charge in [0.25, 0.3) is 5.91 Å². The molecule has 2 amide bonds. The van der Waals surface area contributed by atoms with Gasteiger partial charge in [0.1, 0.15) is 0 Å². The van der Waals surface area contributed by atoms with Crippen molar-refractivity contribution in [3.05, 3.63) is 0 Å². The average molecular weight is 244 g/mol. The summed E-state index contributed by atoms with van der Waals surface area (Å²) in [5, 5.41) is 0. The lowest BCUT2D eigenvalue weighted by molar-refractivity contribution is -0.142. The molecule has 0 spiro atoms. The van der Waals surface area contributed by atoms with Gasteiger partial charge in [0.2, 0.25) is 11.6 Å². The Morgan fingerprint density at radius 1 is 1.47 bits per heavy atom. The van der Waals surface area contributed by atoms with E-state index in [1.54, 1.807) is 27.8 Å². The van der Waals surface area contributed by atoms with Crippen molar-refractivity contribution < 1.29 is 14.0 Å². The summed E-state index contributed by atoms with van der Waals surface area (Å²) in [6.45, 7) is 6.06. The SMILES string of the molecule is CCN(C)C(=O)C1(F)CCN(C(=O)C(C)C)C1. The van der Waals surface area contributed by atoms with Crippen LogP contribution in [0.1, 0.15) is 27.2 Å². The minimum atomic E-state index is -1.89. The van der Waals surface area contributed by atoms with Crippen molar-refractivity contribution >= 4 is 11.8 Å². The summed E-state index contributed by atoms with van der Waals surface area (Å²) < 4.78 is 14.4. The van der Waals surface area contributed by atoms with Gasteiger partial charge in [0.05, 0.1) is 6.54 Å². The Bertz CT molecular complexity index is 320. The fourth-order valence-corrected chi connectivity index (χ4v) is 1.99. The van der Waals surface area contributed by atoms with E-state index < -0.39 is 11.6 Å². The number of hydrogen-bond acceptors (Lipinski definition) is 2. The molecule has 0 aromatic carbocycles. The van der Waals surface area contributed by atoms with Gasteiger partial charge < -0.3 is 9.80 Å². The molecule has 0 N–H and O–H groups in total. The quantitative estimate of drug-likeness (QED) is 0.745. The third-order valence-corrected chi connectivity index (χ3v) is 3.23. The van der Waals surface area contributed by atoms with E-state index in [1.807, 2.05) is 0 Å². The maximum atomic E-state index is 14.4. The van der Waals surface area contributed by atoms with Crippen LogP contribution < -0.4 is 0 Å². The number of rotatable bonds is 3. The van der Waals surface area contributed by atoms with Gasteiger partial charge >= 0.3 is 0 Å². The molecule has 0 bridgehead atoms. The molecule has 0 saturated carbocycles. The third-order valence-electron chi connectivity index (χ3n) is 3.23. The molecule has 1 fully saturated rings. The first-order valence-electron chi connectivity index (χ1n) is 6.05. The summed E-state index contributed by atoms with van der Waals surface area (Å²) in [4.78, 5) is 26.4. The molecule has 98 valence electrons. The molecule has 1 rings (SSSR count). The lowest BCUT2D eigenvalue weighted by Gasteiger charge is -2.25. The highest BCUT2D eigenvalue weighted by molar-refractivity contribution is 5.87. The van der Waals surface area contributed by atoms with Crippen molar-refractivity contribution in [3.63, 3.8) is 0 Å². The predicted molar refractivity (Wildman–Crippen MR) is 63.2 cm³/mol. The molecular formula is C12H21FN2O2. The highest BCUT2D eigenvalue weighted by atomic mass is 19.1. The van der Waals surface area contributed by atoms with E-state index in [-0.39, 0.29) is 24.8 Å². The first kappa shape index (κ1) is 13.9. The second-order valence-corrected chi connectivity index (χ2v) is 4.95. The highest BCUT2D eigenvalue weighted by Gasteiger charge is 2.47. The van der Waals surface area contributed by atoms with Crippen molar-refractivity contribution in [1.82, 2.24) is 9.80 Å². The zero-order valence-corrected chi connectivity index (χ0v) is 11.0. The fraction of sp³-hybridized carbons (Fsp3) is 0.833. The van der Waals surface area contributed by atoms with Gasteiger partial charge in [-0.15, -0.1) is 0 Å². The maximum Gasteiger partial charge on any atom is 0.261 e. The van der Waals surface area contributed by atoms with Crippen molar-refractivity contribution in [2.24, 2.45) is 5.92 Å². The van der Waals surface area contributed by atoms with Crippen molar-refractivity contribution in [3.8, 4) is 0 Å². The standard InChI is InChI=1S/C12H21FN2O2/c1-5-14(4)11(17)12(13)6-7-15(8-12)10(16)9(2)3/h9H,5-8H2,1-4H3. The van der Waals surface area contributed by atoms with Gasteiger partial charge in [0, 0.05) is 32.5 Å². The molecule has 0 aromatic heterocycles. The maximum absolute atomic E-state index is 14.4. The number of carbonyl (C=O) groups is 2. The van der Waals surface area contributed by atoms with Crippen LogP contribution in [0.15, 0.2) is 0 Å². The van der Waals surface area contributed by atoms with Crippen LogP contribution >= 0.6 is 0 Å². The largest absolute Gasteiger partial charge is 0.343 e. The zero-order chi connectivity index (χ0) is 13.2. The van der Waals surface area contributed by atoms with Gasteiger partial charge in [-0.2, -0.15) is 0 Å². The van der Waals surface area contributed by atoms with Crippen LogP contribution in [0.25, 0.3) is 0 Å². The summed E-state index contributed by atoms with van der Waals surface area (Å²) >= 11 is 0. The van der Waals surface area contributed by atoms with E-state index in [4.69, 9.17) is 0 Å². The predicted octanol–water partition coefficient (Wildman–Crippen LogP) is 1.06. The van der Waals surface area contributed by atoms with Crippen LogP contribution in [0.4, 0.5) is 4.39 Å². The number of alkyl halides is 1. The van der Waals surface area contributed by atoms with E-state index >= 15 is 0 Å². The highest BCUT2D eigenvalue weighted by Crippen LogP contribution is 2.28. The first-order valence-corrected chi connectivity index (χ1v) is 6.05. The van der Waals surface area contributed by atoms with Gasteiger partial charge in [0.15, 0.2) is 0 Å². The Morgan fingerprint density at radius 3 is 2.53 bits per heavy atom. The van der Waals surface area contributed by atoms with Crippen LogP contribution in [-0.4, -0.2) is 54.0 Å². The lowest BCUT2D eigenvalue weighted by Crippen LogP contribution is -2.47. The van der Waals surface area contributed by atoms with E-state index in [0.29, 0.717) is 13.1 Å². The Kier molecular flexibility index (Phi) is 4.11. The van der Waals surface area contributed by atoms with Crippen molar-refractivity contribution in [2.45, 2.75) is 32.9 Å². The fourth-order valence-electron chi connectivity index (χ4n) is 1.99. The molecular weight excluding hydrogens is 223 g/mol. The molecule has 17 heavy (non-hydrogen) atoms. The van der Waals surface area contributed by atoms with E-state index in [9.17, 15) is 14.0 Å². The first-order chi connectivity index (χ1) is 7.81. The van der Waals surface area contributed by atoms with Crippen LogP contribution in [0.2, 0.25) is 0 Å². The Labute approximate surface area is 102 Å². The molecule has 1 aliphatic rings. The van der Waals surface area contributed by atoms with Gasteiger partial charge in [-0.05, 0) is 6.92 Å². The molecule has 0 aromatic rings. The number of carbonyl (C=O) groups excluding carboxylic acids is 2. The Morgan fingerprint density at radius 2 is 2.06 bits per heavy atom. The normalized spacial score (nSPS) is 24.2. The van der Waals surface area contributed by atoms with Crippen LogP contribution in [0.3, 0.4) is 0 Å². The number of halogens is 1. The van der Waals surface area contributed by atoms with Crippen LogP contribution in [0, 0.1) is 5.92 Å². The molecule has 1 unspecified atom stereocenters. The number of hydrogen-bond donors (Lipinski definition) is 0. The molecule has 1 saturated heterocycles. The third kappa shape index (κ3) is 2.76. The number of nitrogens with zero attached hydrogens (tertiary/aromatic N) is 2. The monoisotopic (exact) mass is 244 g/mol. The second-order valence-electron chi connectivity index (χ2n) is 4.95. The van der Waals surface area contributed by atoms with E-state index in [0.717, 1.165) is 0 Å². The molecule has 1 atom stereocenters.